The second-order valence-electron chi connectivity index (χ2n) is 5.63. The standard InChI is InChI=1S/C13H28N2S/c1-6-13(4,5)14-9-11(2)15-7-8-16-10-12(15)3/h11-12,14H,6-10H2,1-5H3. The highest BCUT2D eigenvalue weighted by Gasteiger charge is 2.24. The van der Waals surface area contributed by atoms with E-state index in [1.54, 1.807) is 0 Å². The average Bonchev–Trinajstić information content (AvgIpc) is 2.27. The average molecular weight is 244 g/mol. The number of thioether (sulfide) groups is 1. The molecule has 1 aliphatic heterocycles. The molecule has 0 radical (unpaired) electrons. The third-order valence-electron chi connectivity index (χ3n) is 3.75. The van der Waals surface area contributed by atoms with Gasteiger partial charge in [0, 0.05) is 42.2 Å². The molecule has 0 amide bonds. The van der Waals surface area contributed by atoms with Crippen LogP contribution in [0.1, 0.15) is 41.0 Å². The van der Waals surface area contributed by atoms with Crippen molar-refractivity contribution in [2.45, 2.75) is 58.7 Å². The van der Waals surface area contributed by atoms with Crippen LogP contribution in [0, 0.1) is 0 Å². The quantitative estimate of drug-likeness (QED) is 0.800. The van der Waals surface area contributed by atoms with E-state index in [0.717, 1.165) is 12.6 Å². The first kappa shape index (κ1) is 14.3. The molecule has 0 aromatic carbocycles. The van der Waals surface area contributed by atoms with Crippen molar-refractivity contribution in [3.8, 4) is 0 Å². The second-order valence-corrected chi connectivity index (χ2v) is 6.78. The Kier molecular flexibility index (Phi) is 5.62. The summed E-state index contributed by atoms with van der Waals surface area (Å²) in [6, 6.07) is 1.39. The van der Waals surface area contributed by atoms with E-state index in [1.165, 1.54) is 24.5 Å². The van der Waals surface area contributed by atoms with Crippen molar-refractivity contribution in [2.24, 2.45) is 0 Å². The Morgan fingerprint density at radius 2 is 2.19 bits per heavy atom. The van der Waals surface area contributed by atoms with E-state index in [4.69, 9.17) is 0 Å². The summed E-state index contributed by atoms with van der Waals surface area (Å²) in [7, 11) is 0. The Morgan fingerprint density at radius 3 is 2.75 bits per heavy atom. The van der Waals surface area contributed by atoms with E-state index < -0.39 is 0 Å². The molecule has 1 N–H and O–H groups in total. The van der Waals surface area contributed by atoms with Gasteiger partial charge in [-0.05, 0) is 34.1 Å². The number of rotatable bonds is 5. The van der Waals surface area contributed by atoms with Gasteiger partial charge in [-0.2, -0.15) is 11.8 Å². The highest BCUT2D eigenvalue weighted by Crippen LogP contribution is 2.18. The molecule has 3 heteroatoms. The first-order valence-corrected chi connectivity index (χ1v) is 7.70. The van der Waals surface area contributed by atoms with Crippen LogP contribution in [0.5, 0.6) is 0 Å². The minimum absolute atomic E-state index is 0.280. The minimum Gasteiger partial charge on any atom is -0.310 e. The van der Waals surface area contributed by atoms with E-state index >= 15 is 0 Å². The number of hydrogen-bond donors (Lipinski definition) is 1. The molecule has 1 fully saturated rings. The smallest absolute Gasteiger partial charge is 0.0196 e. The third kappa shape index (κ3) is 4.27. The lowest BCUT2D eigenvalue weighted by Gasteiger charge is -2.39. The van der Waals surface area contributed by atoms with Crippen LogP contribution in [0.3, 0.4) is 0 Å². The van der Waals surface area contributed by atoms with E-state index in [0.29, 0.717) is 6.04 Å². The zero-order chi connectivity index (χ0) is 12.2. The van der Waals surface area contributed by atoms with Gasteiger partial charge in [0.1, 0.15) is 0 Å². The predicted molar refractivity (Wildman–Crippen MR) is 75.3 cm³/mol. The Balaban J connectivity index is 2.36. The van der Waals surface area contributed by atoms with Crippen molar-refractivity contribution < 1.29 is 0 Å². The molecular weight excluding hydrogens is 216 g/mol. The molecule has 0 aromatic heterocycles. The van der Waals surface area contributed by atoms with E-state index in [-0.39, 0.29) is 5.54 Å². The summed E-state index contributed by atoms with van der Waals surface area (Å²) in [5.41, 5.74) is 0.280. The van der Waals surface area contributed by atoms with Crippen molar-refractivity contribution in [2.75, 3.05) is 24.6 Å². The van der Waals surface area contributed by atoms with Crippen LogP contribution < -0.4 is 5.32 Å². The summed E-state index contributed by atoms with van der Waals surface area (Å²) in [4.78, 5) is 2.65. The van der Waals surface area contributed by atoms with Crippen molar-refractivity contribution in [3.05, 3.63) is 0 Å². The number of nitrogens with zero attached hydrogens (tertiary/aromatic N) is 1. The molecule has 0 spiro atoms. The van der Waals surface area contributed by atoms with Gasteiger partial charge in [0.25, 0.3) is 0 Å². The van der Waals surface area contributed by atoms with Gasteiger partial charge in [0.05, 0.1) is 0 Å². The first-order valence-electron chi connectivity index (χ1n) is 6.55. The van der Waals surface area contributed by atoms with Crippen LogP contribution >= 0.6 is 11.8 Å². The van der Waals surface area contributed by atoms with Crippen molar-refractivity contribution in [1.82, 2.24) is 10.2 Å². The van der Waals surface area contributed by atoms with Crippen molar-refractivity contribution in [3.63, 3.8) is 0 Å². The molecule has 2 nitrogen and oxygen atoms in total. The molecule has 0 aromatic rings. The van der Waals surface area contributed by atoms with E-state index in [1.807, 2.05) is 0 Å². The van der Waals surface area contributed by atoms with Crippen LogP contribution in [-0.4, -0.2) is 47.1 Å². The molecule has 0 saturated carbocycles. The summed E-state index contributed by atoms with van der Waals surface area (Å²) in [5.74, 6) is 2.59. The summed E-state index contributed by atoms with van der Waals surface area (Å²) in [5, 5.41) is 3.68. The Morgan fingerprint density at radius 1 is 1.50 bits per heavy atom. The summed E-state index contributed by atoms with van der Waals surface area (Å²) >= 11 is 2.09. The largest absolute Gasteiger partial charge is 0.310 e. The lowest BCUT2D eigenvalue weighted by atomic mass is 10.0. The highest BCUT2D eigenvalue weighted by atomic mass is 32.2. The summed E-state index contributed by atoms with van der Waals surface area (Å²) in [6.07, 6.45) is 1.19. The Hall–Kier alpha value is 0.270. The molecule has 1 aliphatic rings. The topological polar surface area (TPSA) is 15.3 Å². The molecule has 2 atom stereocenters. The van der Waals surface area contributed by atoms with Crippen LogP contribution in [0.15, 0.2) is 0 Å². The maximum atomic E-state index is 3.68. The van der Waals surface area contributed by atoms with Gasteiger partial charge in [-0.3, -0.25) is 4.90 Å². The van der Waals surface area contributed by atoms with Gasteiger partial charge in [0.15, 0.2) is 0 Å². The molecule has 1 saturated heterocycles. The van der Waals surface area contributed by atoms with Crippen LogP contribution in [-0.2, 0) is 0 Å². The fourth-order valence-electron chi connectivity index (χ4n) is 2.06. The maximum Gasteiger partial charge on any atom is 0.0196 e. The van der Waals surface area contributed by atoms with E-state index in [2.05, 4.69) is 56.6 Å². The minimum atomic E-state index is 0.280. The molecule has 0 bridgehead atoms. The number of nitrogens with one attached hydrogen (secondary N) is 1. The predicted octanol–water partition coefficient (Wildman–Crippen LogP) is 2.59. The molecule has 16 heavy (non-hydrogen) atoms. The van der Waals surface area contributed by atoms with Crippen LogP contribution in [0.2, 0.25) is 0 Å². The van der Waals surface area contributed by atoms with Crippen LogP contribution in [0.25, 0.3) is 0 Å². The van der Waals surface area contributed by atoms with Crippen molar-refractivity contribution in [1.29, 1.82) is 0 Å². The monoisotopic (exact) mass is 244 g/mol. The molecule has 1 rings (SSSR count). The lowest BCUT2D eigenvalue weighted by Crippen LogP contribution is -2.52. The van der Waals surface area contributed by atoms with Gasteiger partial charge in [-0.1, -0.05) is 6.92 Å². The van der Waals surface area contributed by atoms with Gasteiger partial charge in [-0.25, -0.2) is 0 Å². The van der Waals surface area contributed by atoms with Gasteiger partial charge >= 0.3 is 0 Å². The van der Waals surface area contributed by atoms with Crippen LogP contribution in [0.4, 0.5) is 0 Å². The normalized spacial score (nSPS) is 25.7. The SMILES string of the molecule is CCC(C)(C)NCC(C)N1CCSCC1C. The molecule has 0 aliphatic carbocycles. The zero-order valence-corrected chi connectivity index (χ0v) is 12.4. The fourth-order valence-corrected chi connectivity index (χ4v) is 3.10. The lowest BCUT2D eigenvalue weighted by molar-refractivity contribution is 0.160. The number of hydrogen-bond acceptors (Lipinski definition) is 3. The van der Waals surface area contributed by atoms with Gasteiger partial charge < -0.3 is 5.32 Å². The Bertz CT molecular complexity index is 206. The van der Waals surface area contributed by atoms with E-state index in [9.17, 15) is 0 Å². The van der Waals surface area contributed by atoms with Gasteiger partial charge in [-0.15, -0.1) is 0 Å². The molecule has 1 heterocycles. The van der Waals surface area contributed by atoms with Crippen molar-refractivity contribution >= 4 is 11.8 Å². The molecule has 2 unspecified atom stereocenters. The molecule has 96 valence electrons. The first-order chi connectivity index (χ1) is 7.46. The maximum absolute atomic E-state index is 3.68. The molecular formula is C13H28N2S. The second kappa shape index (κ2) is 6.27. The summed E-state index contributed by atoms with van der Waals surface area (Å²) < 4.78 is 0. The Labute approximate surface area is 106 Å². The summed E-state index contributed by atoms with van der Waals surface area (Å²) in [6.45, 7) is 13.9. The fraction of sp³-hybridized carbons (Fsp3) is 1.00. The zero-order valence-electron chi connectivity index (χ0n) is 11.5. The van der Waals surface area contributed by atoms with Gasteiger partial charge in [0.2, 0.25) is 0 Å². The highest BCUT2D eigenvalue weighted by molar-refractivity contribution is 7.99. The third-order valence-corrected chi connectivity index (χ3v) is 4.93.